The van der Waals surface area contributed by atoms with E-state index < -0.39 is 10.0 Å². The van der Waals surface area contributed by atoms with Gasteiger partial charge in [-0.05, 0) is 32.6 Å². The molecule has 0 radical (unpaired) electrons. The van der Waals surface area contributed by atoms with E-state index in [2.05, 4.69) is 14.9 Å². The summed E-state index contributed by atoms with van der Waals surface area (Å²) >= 11 is 0. The molecule has 0 amide bonds. The zero-order valence-corrected chi connectivity index (χ0v) is 11.5. The fourth-order valence-corrected chi connectivity index (χ4v) is 4.29. The van der Waals surface area contributed by atoms with Crippen LogP contribution in [-0.2, 0) is 16.6 Å². The van der Waals surface area contributed by atoms with Crippen molar-refractivity contribution in [1.29, 1.82) is 0 Å². The Morgan fingerprint density at radius 1 is 1.50 bits per heavy atom. The van der Waals surface area contributed by atoms with Gasteiger partial charge in [-0.3, -0.25) is 5.10 Å². The molecule has 0 atom stereocenters. The fourth-order valence-electron chi connectivity index (χ4n) is 2.40. The Kier molecular flexibility index (Phi) is 3.48. The van der Waals surface area contributed by atoms with Crippen LogP contribution in [0.4, 0.5) is 0 Å². The Morgan fingerprint density at radius 2 is 2.17 bits per heavy atom. The largest absolute Gasteiger partial charge is 0.390 e. The van der Waals surface area contributed by atoms with Gasteiger partial charge in [-0.2, -0.15) is 5.10 Å². The van der Waals surface area contributed by atoms with Crippen LogP contribution in [0.5, 0.6) is 0 Å². The van der Waals surface area contributed by atoms with Gasteiger partial charge in [0.25, 0.3) is 0 Å². The third-order valence-electron chi connectivity index (χ3n) is 3.72. The van der Waals surface area contributed by atoms with Crippen molar-refractivity contribution in [3.63, 3.8) is 0 Å². The molecule has 0 unspecified atom stereocenters. The number of aliphatic hydroxyl groups excluding tert-OH is 1. The van der Waals surface area contributed by atoms with Crippen molar-refractivity contribution in [2.75, 3.05) is 0 Å². The van der Waals surface area contributed by atoms with E-state index in [4.69, 9.17) is 5.11 Å². The van der Waals surface area contributed by atoms with Crippen LogP contribution in [0.15, 0.2) is 4.90 Å². The number of aryl methyl sites for hydroxylation is 1. The summed E-state index contributed by atoms with van der Waals surface area (Å²) in [6.45, 7) is 3.23. The van der Waals surface area contributed by atoms with E-state index in [0.29, 0.717) is 5.69 Å². The number of sulfonamides is 1. The summed E-state index contributed by atoms with van der Waals surface area (Å²) in [6.07, 6.45) is 3.56. The number of nitrogens with zero attached hydrogens (tertiary/aromatic N) is 1. The van der Waals surface area contributed by atoms with Crippen molar-refractivity contribution in [1.82, 2.24) is 14.9 Å². The molecular weight excluding hydrogens is 254 g/mol. The van der Waals surface area contributed by atoms with Gasteiger partial charge in [-0.25, -0.2) is 13.1 Å². The summed E-state index contributed by atoms with van der Waals surface area (Å²) in [6, 6.07) is 0. The molecule has 1 fully saturated rings. The molecule has 1 aromatic heterocycles. The molecule has 2 rings (SSSR count). The van der Waals surface area contributed by atoms with Gasteiger partial charge in [0, 0.05) is 5.54 Å². The number of aromatic nitrogens is 2. The highest BCUT2D eigenvalue weighted by atomic mass is 32.2. The second-order valence-corrected chi connectivity index (χ2v) is 6.49. The molecule has 0 saturated heterocycles. The van der Waals surface area contributed by atoms with Crippen LogP contribution >= 0.6 is 0 Å². The molecule has 0 bridgehead atoms. The van der Waals surface area contributed by atoms with Crippen LogP contribution in [0, 0.1) is 6.92 Å². The molecular formula is C11H19N3O3S. The molecule has 1 aromatic rings. The molecule has 0 spiro atoms. The third-order valence-corrected chi connectivity index (χ3v) is 5.50. The molecule has 3 N–H and O–H groups in total. The molecule has 1 heterocycles. The molecule has 0 aromatic carbocycles. The van der Waals surface area contributed by atoms with Crippen LogP contribution < -0.4 is 4.72 Å². The summed E-state index contributed by atoms with van der Waals surface area (Å²) in [4.78, 5) is 0.0877. The first-order valence-electron chi connectivity index (χ1n) is 6.13. The van der Waals surface area contributed by atoms with Crippen molar-refractivity contribution >= 4 is 10.0 Å². The Balaban J connectivity index is 2.33. The zero-order chi connectivity index (χ0) is 13.4. The van der Waals surface area contributed by atoms with Crippen LogP contribution in [0.3, 0.4) is 0 Å². The molecule has 6 nitrogen and oxygen atoms in total. The minimum Gasteiger partial charge on any atom is -0.390 e. The van der Waals surface area contributed by atoms with Crippen LogP contribution in [0.1, 0.15) is 44.0 Å². The van der Waals surface area contributed by atoms with Gasteiger partial charge in [0.1, 0.15) is 10.6 Å². The average molecular weight is 273 g/mol. The predicted octanol–water partition coefficient (Wildman–Crippen LogP) is 0.821. The minimum absolute atomic E-state index is 0.0877. The molecule has 0 aliphatic heterocycles. The second-order valence-electron chi connectivity index (χ2n) is 4.88. The van der Waals surface area contributed by atoms with Crippen molar-refractivity contribution < 1.29 is 13.5 Å². The van der Waals surface area contributed by atoms with Gasteiger partial charge < -0.3 is 5.11 Å². The molecule has 1 aliphatic carbocycles. The highest BCUT2D eigenvalue weighted by molar-refractivity contribution is 7.89. The smallest absolute Gasteiger partial charge is 0.244 e. The van der Waals surface area contributed by atoms with Crippen molar-refractivity contribution in [3.05, 3.63) is 11.4 Å². The number of H-pyrrole nitrogens is 1. The Morgan fingerprint density at radius 3 is 2.61 bits per heavy atom. The van der Waals surface area contributed by atoms with Crippen molar-refractivity contribution in [2.24, 2.45) is 0 Å². The van der Waals surface area contributed by atoms with Crippen molar-refractivity contribution in [3.8, 4) is 0 Å². The van der Waals surface area contributed by atoms with E-state index >= 15 is 0 Å². The monoisotopic (exact) mass is 273 g/mol. The topological polar surface area (TPSA) is 95.1 Å². The van der Waals surface area contributed by atoms with Crippen molar-refractivity contribution in [2.45, 2.75) is 56.6 Å². The lowest BCUT2D eigenvalue weighted by molar-refractivity contribution is 0.213. The lowest BCUT2D eigenvalue weighted by atomic mass is 9.76. The Labute approximate surface area is 107 Å². The maximum atomic E-state index is 12.4. The Hall–Kier alpha value is -0.920. The quantitative estimate of drug-likeness (QED) is 0.740. The number of rotatable bonds is 5. The second kappa shape index (κ2) is 4.64. The van der Waals surface area contributed by atoms with E-state index in [9.17, 15) is 8.42 Å². The van der Waals surface area contributed by atoms with E-state index in [-0.39, 0.29) is 22.7 Å². The van der Waals surface area contributed by atoms with Crippen LogP contribution in [-0.4, -0.2) is 29.3 Å². The van der Waals surface area contributed by atoms with E-state index in [0.717, 1.165) is 25.7 Å². The first-order valence-corrected chi connectivity index (χ1v) is 7.61. The van der Waals surface area contributed by atoms with Gasteiger partial charge in [0.15, 0.2) is 0 Å². The Bertz CT molecular complexity index is 526. The predicted molar refractivity (Wildman–Crippen MR) is 66.4 cm³/mol. The lowest BCUT2D eigenvalue weighted by Crippen LogP contribution is -2.52. The number of nitrogens with one attached hydrogen (secondary N) is 2. The highest BCUT2D eigenvalue weighted by Gasteiger charge is 2.40. The van der Waals surface area contributed by atoms with Gasteiger partial charge >= 0.3 is 0 Å². The normalized spacial score (nSPS) is 18.6. The molecule has 7 heteroatoms. The van der Waals surface area contributed by atoms with E-state index in [1.165, 1.54) is 0 Å². The van der Waals surface area contributed by atoms with Gasteiger partial charge in [-0.1, -0.05) is 6.92 Å². The first-order chi connectivity index (χ1) is 8.44. The van der Waals surface area contributed by atoms with Crippen LogP contribution in [0.25, 0.3) is 0 Å². The highest BCUT2D eigenvalue weighted by Crippen LogP contribution is 2.36. The lowest BCUT2D eigenvalue weighted by Gasteiger charge is -2.41. The maximum Gasteiger partial charge on any atom is 0.244 e. The summed E-state index contributed by atoms with van der Waals surface area (Å²) in [5.74, 6) is 0. The number of aromatic amines is 1. The third kappa shape index (κ3) is 2.17. The average Bonchev–Trinajstić information content (AvgIpc) is 2.66. The number of hydrogen-bond donors (Lipinski definition) is 3. The number of hydrogen-bond acceptors (Lipinski definition) is 4. The maximum absolute atomic E-state index is 12.4. The summed E-state index contributed by atoms with van der Waals surface area (Å²) in [7, 11) is -3.62. The minimum atomic E-state index is -3.62. The fraction of sp³-hybridized carbons (Fsp3) is 0.727. The van der Waals surface area contributed by atoms with Crippen LogP contribution in [0.2, 0.25) is 0 Å². The standard InChI is InChI=1S/C11H19N3O3S/c1-3-11(5-4-6-11)14-18(16,17)10-8(2)12-13-9(10)7-15/h14-15H,3-7H2,1-2H3,(H,12,13). The summed E-state index contributed by atoms with van der Waals surface area (Å²) < 4.78 is 27.5. The SMILES string of the molecule is CCC1(NS(=O)(=O)c2c(CO)n[nH]c2C)CCC1. The van der Waals surface area contributed by atoms with Gasteiger partial charge in [0.05, 0.1) is 12.3 Å². The summed E-state index contributed by atoms with van der Waals surface area (Å²) in [5, 5.41) is 15.6. The molecule has 1 aliphatic rings. The first kappa shape index (κ1) is 13.5. The molecule has 18 heavy (non-hydrogen) atoms. The number of aliphatic hydroxyl groups is 1. The molecule has 1 saturated carbocycles. The zero-order valence-electron chi connectivity index (χ0n) is 10.7. The van der Waals surface area contributed by atoms with E-state index in [1.54, 1.807) is 6.92 Å². The summed E-state index contributed by atoms with van der Waals surface area (Å²) in [5.41, 5.74) is 0.317. The van der Waals surface area contributed by atoms with Gasteiger partial charge in [-0.15, -0.1) is 0 Å². The van der Waals surface area contributed by atoms with Gasteiger partial charge in [0.2, 0.25) is 10.0 Å². The van der Waals surface area contributed by atoms with E-state index in [1.807, 2.05) is 6.92 Å². The molecule has 102 valence electrons.